The van der Waals surface area contributed by atoms with Crippen LogP contribution < -0.4 is 11.1 Å². The summed E-state index contributed by atoms with van der Waals surface area (Å²) in [6.45, 7) is 5.53. The van der Waals surface area contributed by atoms with Gasteiger partial charge in [-0.2, -0.15) is 0 Å². The van der Waals surface area contributed by atoms with Gasteiger partial charge in [-0.1, -0.05) is 6.07 Å². The third kappa shape index (κ3) is 4.71. The van der Waals surface area contributed by atoms with Crippen LogP contribution in [-0.2, 0) is 16.0 Å². The topological polar surface area (TPSA) is 77.2 Å². The molecule has 0 radical (unpaired) electrons. The first kappa shape index (κ1) is 14.4. The number of nitrogens with zero attached hydrogens (tertiary/aromatic N) is 1. The zero-order chi connectivity index (χ0) is 13.8. The van der Waals surface area contributed by atoms with E-state index in [1.54, 1.807) is 13.1 Å². The molecule has 1 rings (SSSR count). The van der Waals surface area contributed by atoms with Gasteiger partial charge < -0.3 is 15.8 Å². The molecule has 0 fully saturated rings. The first-order chi connectivity index (χ1) is 8.31. The molecule has 0 bridgehead atoms. The van der Waals surface area contributed by atoms with Gasteiger partial charge >= 0.3 is 5.97 Å². The van der Waals surface area contributed by atoms with Crippen molar-refractivity contribution < 1.29 is 9.53 Å². The number of carbonyl (C=O) groups is 1. The third-order valence-electron chi connectivity index (χ3n) is 2.28. The smallest absolute Gasteiger partial charge is 0.324 e. The van der Waals surface area contributed by atoms with Crippen LogP contribution in [0.5, 0.6) is 0 Å². The maximum atomic E-state index is 11.9. The van der Waals surface area contributed by atoms with Crippen molar-refractivity contribution in [3.8, 4) is 0 Å². The van der Waals surface area contributed by atoms with Crippen molar-refractivity contribution in [2.24, 2.45) is 0 Å². The molecule has 0 aliphatic heterocycles. The Morgan fingerprint density at radius 1 is 1.50 bits per heavy atom. The molecule has 100 valence electrons. The van der Waals surface area contributed by atoms with Gasteiger partial charge in [0.05, 0.1) is 0 Å². The highest BCUT2D eigenvalue weighted by Gasteiger charge is 2.24. The maximum absolute atomic E-state index is 11.9. The Hall–Kier alpha value is -1.62. The molecule has 1 aromatic heterocycles. The molecule has 1 unspecified atom stereocenters. The van der Waals surface area contributed by atoms with Crippen LogP contribution >= 0.6 is 0 Å². The van der Waals surface area contributed by atoms with E-state index >= 15 is 0 Å². The predicted molar refractivity (Wildman–Crippen MR) is 71.0 cm³/mol. The second-order valence-electron chi connectivity index (χ2n) is 5.13. The van der Waals surface area contributed by atoms with Crippen molar-refractivity contribution in [1.29, 1.82) is 0 Å². The summed E-state index contributed by atoms with van der Waals surface area (Å²) >= 11 is 0. The van der Waals surface area contributed by atoms with Crippen LogP contribution in [0.4, 0.5) is 5.82 Å². The van der Waals surface area contributed by atoms with E-state index in [1.807, 2.05) is 32.9 Å². The summed E-state index contributed by atoms with van der Waals surface area (Å²) in [4.78, 5) is 16.1. The van der Waals surface area contributed by atoms with E-state index in [-0.39, 0.29) is 5.97 Å². The van der Waals surface area contributed by atoms with Crippen LogP contribution in [0.15, 0.2) is 18.2 Å². The lowest BCUT2D eigenvalue weighted by molar-refractivity contribution is -0.157. The van der Waals surface area contributed by atoms with E-state index in [0.29, 0.717) is 12.2 Å². The summed E-state index contributed by atoms with van der Waals surface area (Å²) in [5.41, 5.74) is 5.88. The largest absolute Gasteiger partial charge is 0.459 e. The van der Waals surface area contributed by atoms with Crippen molar-refractivity contribution in [3.63, 3.8) is 0 Å². The summed E-state index contributed by atoms with van der Waals surface area (Å²) < 4.78 is 5.33. The van der Waals surface area contributed by atoms with Gasteiger partial charge in [-0.25, -0.2) is 4.98 Å². The number of nitrogen functional groups attached to an aromatic ring is 1. The van der Waals surface area contributed by atoms with Gasteiger partial charge in [0.2, 0.25) is 0 Å². The minimum atomic E-state index is -0.491. The summed E-state index contributed by atoms with van der Waals surface area (Å²) in [7, 11) is 1.72. The number of anilines is 1. The molecule has 5 heteroatoms. The molecule has 0 saturated heterocycles. The molecule has 0 aromatic carbocycles. The Bertz CT molecular complexity index is 413. The van der Waals surface area contributed by atoms with Gasteiger partial charge in [0.1, 0.15) is 17.5 Å². The zero-order valence-electron chi connectivity index (χ0n) is 11.4. The monoisotopic (exact) mass is 251 g/mol. The Morgan fingerprint density at radius 2 is 2.17 bits per heavy atom. The third-order valence-corrected chi connectivity index (χ3v) is 2.28. The van der Waals surface area contributed by atoms with Gasteiger partial charge in [-0.3, -0.25) is 4.79 Å². The molecule has 1 heterocycles. The highest BCUT2D eigenvalue weighted by Crippen LogP contribution is 2.11. The molecule has 1 atom stereocenters. The lowest BCUT2D eigenvalue weighted by atomic mass is 10.1. The quantitative estimate of drug-likeness (QED) is 0.785. The number of ether oxygens (including phenoxy) is 1. The molecular formula is C13H21N3O2. The van der Waals surface area contributed by atoms with E-state index in [9.17, 15) is 4.79 Å². The summed E-state index contributed by atoms with van der Waals surface area (Å²) in [5.74, 6) is 0.167. The Kier molecular flexibility index (Phi) is 4.67. The predicted octanol–water partition coefficient (Wildman–Crippen LogP) is 1.14. The molecule has 0 spiro atoms. The zero-order valence-corrected chi connectivity index (χ0v) is 11.4. The van der Waals surface area contributed by atoms with Gasteiger partial charge in [0, 0.05) is 12.1 Å². The number of aromatic nitrogens is 1. The fraction of sp³-hybridized carbons (Fsp3) is 0.538. The van der Waals surface area contributed by atoms with Crippen molar-refractivity contribution in [2.75, 3.05) is 12.8 Å². The minimum Gasteiger partial charge on any atom is -0.459 e. The molecule has 0 aliphatic carbocycles. The molecule has 0 aliphatic rings. The SMILES string of the molecule is CNC(Cc1cccc(N)n1)C(=O)OC(C)(C)C. The van der Waals surface area contributed by atoms with E-state index in [2.05, 4.69) is 10.3 Å². The fourth-order valence-electron chi connectivity index (χ4n) is 1.50. The number of carbonyl (C=O) groups excluding carboxylic acids is 1. The van der Waals surface area contributed by atoms with Crippen LogP contribution in [-0.4, -0.2) is 29.6 Å². The summed E-state index contributed by atoms with van der Waals surface area (Å²) in [6.07, 6.45) is 0.455. The molecule has 18 heavy (non-hydrogen) atoms. The lowest BCUT2D eigenvalue weighted by Crippen LogP contribution is -2.41. The van der Waals surface area contributed by atoms with E-state index < -0.39 is 11.6 Å². The minimum absolute atomic E-state index is 0.283. The van der Waals surface area contributed by atoms with Crippen LogP contribution in [0.3, 0.4) is 0 Å². The maximum Gasteiger partial charge on any atom is 0.324 e. The van der Waals surface area contributed by atoms with Gasteiger partial charge in [0.15, 0.2) is 0 Å². The first-order valence-electron chi connectivity index (χ1n) is 5.93. The average molecular weight is 251 g/mol. The van der Waals surface area contributed by atoms with Crippen LogP contribution in [0.2, 0.25) is 0 Å². The summed E-state index contributed by atoms with van der Waals surface area (Å²) in [5, 5.41) is 2.94. The van der Waals surface area contributed by atoms with Crippen molar-refractivity contribution in [3.05, 3.63) is 23.9 Å². The van der Waals surface area contributed by atoms with E-state index in [4.69, 9.17) is 10.5 Å². The molecule has 5 nitrogen and oxygen atoms in total. The normalized spacial score (nSPS) is 13.1. The van der Waals surface area contributed by atoms with Crippen LogP contribution in [0.25, 0.3) is 0 Å². The standard InChI is InChI=1S/C13H21N3O2/c1-13(2,3)18-12(17)10(15-4)8-9-6-5-7-11(14)16-9/h5-7,10,15H,8H2,1-4H3,(H2,14,16). The Balaban J connectivity index is 2.70. The summed E-state index contributed by atoms with van der Waals surface area (Å²) in [6, 6.07) is 4.95. The molecule has 1 aromatic rings. The van der Waals surface area contributed by atoms with Crippen LogP contribution in [0.1, 0.15) is 26.5 Å². The van der Waals surface area contributed by atoms with E-state index in [0.717, 1.165) is 5.69 Å². The number of hydrogen-bond donors (Lipinski definition) is 2. The van der Waals surface area contributed by atoms with Crippen molar-refractivity contribution in [1.82, 2.24) is 10.3 Å². The number of esters is 1. The number of nitrogens with one attached hydrogen (secondary N) is 1. The Labute approximate surface area is 108 Å². The first-order valence-corrected chi connectivity index (χ1v) is 5.93. The molecule has 0 saturated carbocycles. The fourth-order valence-corrected chi connectivity index (χ4v) is 1.50. The molecular weight excluding hydrogens is 230 g/mol. The van der Waals surface area contributed by atoms with E-state index in [1.165, 1.54) is 0 Å². The van der Waals surface area contributed by atoms with Crippen LogP contribution in [0, 0.1) is 0 Å². The number of likely N-dealkylation sites (N-methyl/N-ethyl adjacent to an activating group) is 1. The average Bonchev–Trinajstić information content (AvgIpc) is 2.23. The van der Waals surface area contributed by atoms with Gasteiger partial charge in [-0.05, 0) is 40.0 Å². The highest BCUT2D eigenvalue weighted by atomic mass is 16.6. The number of hydrogen-bond acceptors (Lipinski definition) is 5. The number of rotatable bonds is 4. The number of pyridine rings is 1. The number of nitrogens with two attached hydrogens (primary N) is 1. The second kappa shape index (κ2) is 5.82. The van der Waals surface area contributed by atoms with Gasteiger partial charge in [-0.15, -0.1) is 0 Å². The van der Waals surface area contributed by atoms with Crippen molar-refractivity contribution in [2.45, 2.75) is 38.8 Å². The Morgan fingerprint density at radius 3 is 2.67 bits per heavy atom. The van der Waals surface area contributed by atoms with Crippen molar-refractivity contribution >= 4 is 11.8 Å². The lowest BCUT2D eigenvalue weighted by Gasteiger charge is -2.23. The highest BCUT2D eigenvalue weighted by molar-refractivity contribution is 5.76. The molecule has 3 N–H and O–H groups in total. The second-order valence-corrected chi connectivity index (χ2v) is 5.13. The molecule has 0 amide bonds. The van der Waals surface area contributed by atoms with Gasteiger partial charge in [0.25, 0.3) is 0 Å².